The van der Waals surface area contributed by atoms with Crippen molar-refractivity contribution in [1.29, 1.82) is 0 Å². The highest BCUT2D eigenvalue weighted by atomic mass is 16.4. The molecule has 15 heavy (non-hydrogen) atoms. The van der Waals surface area contributed by atoms with E-state index in [9.17, 15) is 4.79 Å². The minimum absolute atomic E-state index is 0.171. The molecule has 4 heteroatoms. The fourth-order valence-corrected chi connectivity index (χ4v) is 2.09. The first-order chi connectivity index (χ1) is 7.16. The summed E-state index contributed by atoms with van der Waals surface area (Å²) in [6, 6.07) is 0. The standard InChI is InChI=1S/C11H16N2O2/c1-8-2-3-9-6-12-10(13(9)7-8)4-5-11(14)15/h6,8H,2-5,7H2,1H3,(H,14,15). The van der Waals surface area contributed by atoms with Crippen molar-refractivity contribution in [3.63, 3.8) is 0 Å². The van der Waals surface area contributed by atoms with Crippen LogP contribution in [0.25, 0.3) is 0 Å². The summed E-state index contributed by atoms with van der Waals surface area (Å²) in [5.41, 5.74) is 1.26. The molecule has 1 aromatic heterocycles. The third-order valence-electron chi connectivity index (χ3n) is 2.97. The summed E-state index contributed by atoms with van der Waals surface area (Å²) in [6.07, 6.45) is 4.89. The number of imidazole rings is 1. The number of hydrogen-bond donors (Lipinski definition) is 1. The van der Waals surface area contributed by atoms with Gasteiger partial charge in [0, 0.05) is 24.9 Å². The molecule has 0 fully saturated rings. The second-order valence-electron chi connectivity index (χ2n) is 4.31. The lowest BCUT2D eigenvalue weighted by Gasteiger charge is -2.22. The van der Waals surface area contributed by atoms with Crippen LogP contribution in [-0.2, 0) is 24.2 Å². The van der Waals surface area contributed by atoms with Gasteiger partial charge >= 0.3 is 5.97 Å². The highest BCUT2D eigenvalue weighted by molar-refractivity contribution is 5.66. The van der Waals surface area contributed by atoms with E-state index in [4.69, 9.17) is 5.11 Å². The molecule has 0 saturated heterocycles. The Hall–Kier alpha value is -1.32. The number of carboxylic acid groups (broad SMARTS) is 1. The number of nitrogens with zero attached hydrogens (tertiary/aromatic N) is 2. The van der Waals surface area contributed by atoms with Gasteiger partial charge in [-0.05, 0) is 18.8 Å². The maximum absolute atomic E-state index is 10.5. The average molecular weight is 208 g/mol. The first kappa shape index (κ1) is 10.2. The van der Waals surface area contributed by atoms with Crippen LogP contribution >= 0.6 is 0 Å². The number of aliphatic carboxylic acids is 1. The van der Waals surface area contributed by atoms with Crippen LogP contribution in [0.4, 0.5) is 0 Å². The molecule has 2 rings (SSSR count). The highest BCUT2D eigenvalue weighted by Gasteiger charge is 2.18. The summed E-state index contributed by atoms with van der Waals surface area (Å²) in [5, 5.41) is 8.63. The van der Waals surface area contributed by atoms with Gasteiger partial charge in [0.25, 0.3) is 0 Å². The van der Waals surface area contributed by atoms with Gasteiger partial charge in [-0.25, -0.2) is 4.98 Å². The lowest BCUT2D eigenvalue weighted by Crippen LogP contribution is -2.19. The maximum Gasteiger partial charge on any atom is 0.303 e. The fraction of sp³-hybridized carbons (Fsp3) is 0.636. The van der Waals surface area contributed by atoms with E-state index in [0.29, 0.717) is 12.3 Å². The molecule has 0 aromatic carbocycles. The molecule has 0 aliphatic carbocycles. The predicted molar refractivity (Wildman–Crippen MR) is 55.7 cm³/mol. The molecule has 1 aromatic rings. The second kappa shape index (κ2) is 4.04. The Kier molecular flexibility index (Phi) is 2.75. The van der Waals surface area contributed by atoms with E-state index in [-0.39, 0.29) is 6.42 Å². The predicted octanol–water partition coefficient (Wildman–Crippen LogP) is 1.48. The third-order valence-corrected chi connectivity index (χ3v) is 2.97. The number of rotatable bonds is 3. The Morgan fingerprint density at radius 2 is 2.53 bits per heavy atom. The second-order valence-corrected chi connectivity index (χ2v) is 4.31. The summed E-state index contributed by atoms with van der Waals surface area (Å²) in [4.78, 5) is 14.8. The molecule has 2 heterocycles. The summed E-state index contributed by atoms with van der Waals surface area (Å²) in [7, 11) is 0. The Balaban J connectivity index is 2.12. The number of hydrogen-bond acceptors (Lipinski definition) is 2. The molecule has 1 aliphatic heterocycles. The van der Waals surface area contributed by atoms with Crippen molar-refractivity contribution in [1.82, 2.24) is 9.55 Å². The molecule has 0 saturated carbocycles. The molecule has 4 nitrogen and oxygen atoms in total. The van der Waals surface area contributed by atoms with Crippen LogP contribution in [-0.4, -0.2) is 20.6 Å². The zero-order chi connectivity index (χ0) is 10.8. The zero-order valence-corrected chi connectivity index (χ0v) is 8.94. The molecule has 1 unspecified atom stereocenters. The molecule has 1 atom stereocenters. The first-order valence-corrected chi connectivity index (χ1v) is 5.42. The highest BCUT2D eigenvalue weighted by Crippen LogP contribution is 2.21. The van der Waals surface area contributed by atoms with Crippen molar-refractivity contribution in [3.05, 3.63) is 17.7 Å². The summed E-state index contributed by atoms with van der Waals surface area (Å²) in [5.74, 6) is 0.852. The van der Waals surface area contributed by atoms with E-state index in [1.807, 2.05) is 6.20 Å². The van der Waals surface area contributed by atoms with Crippen molar-refractivity contribution < 1.29 is 9.90 Å². The van der Waals surface area contributed by atoms with Crippen LogP contribution in [0, 0.1) is 5.92 Å². The summed E-state index contributed by atoms with van der Waals surface area (Å²) >= 11 is 0. The van der Waals surface area contributed by atoms with Gasteiger partial charge in [0.05, 0.1) is 6.42 Å². The van der Waals surface area contributed by atoms with E-state index in [1.54, 1.807) is 0 Å². The molecular formula is C11H16N2O2. The van der Waals surface area contributed by atoms with Crippen molar-refractivity contribution >= 4 is 5.97 Å². The lowest BCUT2D eigenvalue weighted by atomic mass is 10.0. The molecule has 0 radical (unpaired) electrons. The van der Waals surface area contributed by atoms with Crippen LogP contribution < -0.4 is 0 Å². The van der Waals surface area contributed by atoms with Crippen LogP contribution in [0.2, 0.25) is 0 Å². The van der Waals surface area contributed by atoms with E-state index < -0.39 is 5.97 Å². The lowest BCUT2D eigenvalue weighted by molar-refractivity contribution is -0.137. The van der Waals surface area contributed by atoms with E-state index in [1.165, 1.54) is 12.1 Å². The number of fused-ring (bicyclic) bond motifs is 1. The summed E-state index contributed by atoms with van der Waals surface area (Å²) in [6.45, 7) is 3.22. The number of aryl methyl sites for hydroxylation is 2. The van der Waals surface area contributed by atoms with Gasteiger partial charge in [-0.3, -0.25) is 4.79 Å². The van der Waals surface area contributed by atoms with Gasteiger partial charge in [0.2, 0.25) is 0 Å². The molecule has 0 spiro atoms. The normalized spacial score (nSPS) is 19.9. The molecule has 0 bridgehead atoms. The van der Waals surface area contributed by atoms with Crippen LogP contribution in [0.5, 0.6) is 0 Å². The first-order valence-electron chi connectivity index (χ1n) is 5.42. The van der Waals surface area contributed by atoms with Crippen LogP contribution in [0.3, 0.4) is 0 Å². The monoisotopic (exact) mass is 208 g/mol. The third kappa shape index (κ3) is 2.19. The van der Waals surface area contributed by atoms with Gasteiger partial charge in [0.1, 0.15) is 5.82 Å². The molecule has 1 aliphatic rings. The van der Waals surface area contributed by atoms with Gasteiger partial charge < -0.3 is 9.67 Å². The smallest absolute Gasteiger partial charge is 0.303 e. The quantitative estimate of drug-likeness (QED) is 0.818. The van der Waals surface area contributed by atoms with Crippen LogP contribution in [0.15, 0.2) is 6.20 Å². The number of carboxylic acids is 1. The van der Waals surface area contributed by atoms with Crippen molar-refractivity contribution in [3.8, 4) is 0 Å². The molecule has 0 amide bonds. The van der Waals surface area contributed by atoms with Gasteiger partial charge in [-0.2, -0.15) is 0 Å². The van der Waals surface area contributed by atoms with Gasteiger partial charge in [-0.15, -0.1) is 0 Å². The Labute approximate surface area is 88.9 Å². The van der Waals surface area contributed by atoms with E-state index >= 15 is 0 Å². The largest absolute Gasteiger partial charge is 0.481 e. The Bertz CT molecular complexity index is 371. The van der Waals surface area contributed by atoms with E-state index in [2.05, 4.69) is 16.5 Å². The van der Waals surface area contributed by atoms with Crippen molar-refractivity contribution in [2.24, 2.45) is 5.92 Å². The van der Waals surface area contributed by atoms with Gasteiger partial charge in [-0.1, -0.05) is 6.92 Å². The maximum atomic E-state index is 10.5. The van der Waals surface area contributed by atoms with Crippen molar-refractivity contribution in [2.45, 2.75) is 39.2 Å². The number of aromatic nitrogens is 2. The molecule has 1 N–H and O–H groups in total. The zero-order valence-electron chi connectivity index (χ0n) is 8.94. The van der Waals surface area contributed by atoms with Crippen molar-refractivity contribution in [2.75, 3.05) is 0 Å². The van der Waals surface area contributed by atoms with Gasteiger partial charge in [0.15, 0.2) is 0 Å². The van der Waals surface area contributed by atoms with E-state index in [0.717, 1.165) is 18.8 Å². The minimum atomic E-state index is -0.754. The SMILES string of the molecule is CC1CCc2cnc(CCC(=O)O)n2C1. The Morgan fingerprint density at radius 1 is 1.73 bits per heavy atom. The van der Waals surface area contributed by atoms with Crippen LogP contribution in [0.1, 0.15) is 31.3 Å². The minimum Gasteiger partial charge on any atom is -0.481 e. The number of carbonyl (C=O) groups is 1. The topological polar surface area (TPSA) is 55.1 Å². The molecule has 82 valence electrons. The summed E-state index contributed by atoms with van der Waals surface area (Å²) < 4.78 is 2.19. The Morgan fingerprint density at radius 3 is 3.27 bits per heavy atom. The molecular weight excluding hydrogens is 192 g/mol. The fourth-order valence-electron chi connectivity index (χ4n) is 2.09. The average Bonchev–Trinajstić information content (AvgIpc) is 2.57.